The normalized spacial score (nSPS) is 11.7. The Bertz CT molecular complexity index is 397. The molecule has 1 aliphatic heterocycles. The molecule has 3 rings (SSSR count). The molecule has 0 spiro atoms. The number of hydrogen-bond acceptors (Lipinski definition) is 2. The first kappa shape index (κ1) is 10.9. The molecule has 2 aromatic carbocycles. The molecule has 0 aliphatic carbocycles. The van der Waals surface area contributed by atoms with Crippen LogP contribution in [0.25, 0.3) is 0 Å². The van der Waals surface area contributed by atoms with Gasteiger partial charge in [-0.05, 0) is 24.3 Å². The molecule has 15 heavy (non-hydrogen) atoms. The van der Waals surface area contributed by atoms with Crippen LogP contribution in [-0.4, -0.2) is 23.9 Å². The Morgan fingerprint density at radius 1 is 0.733 bits per heavy atom. The van der Waals surface area contributed by atoms with E-state index in [-0.39, 0.29) is 23.9 Å². The number of rotatable bonds is 0. The van der Waals surface area contributed by atoms with Gasteiger partial charge in [0, 0.05) is 33.7 Å². The van der Waals surface area contributed by atoms with Crippen molar-refractivity contribution in [2.75, 3.05) is 5.32 Å². The van der Waals surface area contributed by atoms with Gasteiger partial charge >= 0.3 is 0 Å². The molecular weight excluding hydrogens is 309 g/mol. The Kier molecular flexibility index (Phi) is 3.26. The van der Waals surface area contributed by atoms with E-state index in [4.69, 9.17) is 0 Å². The first-order valence-electron chi connectivity index (χ1n) is 4.56. The van der Waals surface area contributed by atoms with Gasteiger partial charge in [-0.15, -0.1) is 0 Å². The van der Waals surface area contributed by atoms with Gasteiger partial charge in [0.05, 0.1) is 11.4 Å². The summed E-state index contributed by atoms with van der Waals surface area (Å²) >= 11 is 1.82. The topological polar surface area (TPSA) is 12.0 Å². The van der Waals surface area contributed by atoms with E-state index in [1.807, 2.05) is 11.8 Å². The standard InChI is InChI=1S/C12H9NS.Sn/c1-3-7-11-9(5-1)13-10-6-2-4-8-12(10)14-11;/h1-8,13H;. The van der Waals surface area contributed by atoms with Crippen LogP contribution in [0.3, 0.4) is 0 Å². The van der Waals surface area contributed by atoms with Crippen LogP contribution in [0, 0.1) is 0 Å². The molecule has 1 aliphatic rings. The predicted octanol–water partition coefficient (Wildman–Crippen LogP) is 3.51. The third kappa shape index (κ3) is 2.01. The Labute approximate surface area is 110 Å². The van der Waals surface area contributed by atoms with Gasteiger partial charge in [-0.2, -0.15) is 0 Å². The number of benzene rings is 2. The van der Waals surface area contributed by atoms with Crippen LogP contribution in [0.2, 0.25) is 0 Å². The minimum atomic E-state index is 0. The van der Waals surface area contributed by atoms with Gasteiger partial charge in [0.25, 0.3) is 0 Å². The quantitative estimate of drug-likeness (QED) is 0.637. The van der Waals surface area contributed by atoms with Crippen molar-refractivity contribution in [2.45, 2.75) is 9.79 Å². The van der Waals surface area contributed by atoms with Crippen molar-refractivity contribution in [3.8, 4) is 0 Å². The fraction of sp³-hybridized carbons (Fsp3) is 0. The molecule has 2 aromatic rings. The second-order valence-electron chi connectivity index (χ2n) is 3.22. The van der Waals surface area contributed by atoms with E-state index in [0.717, 1.165) is 0 Å². The number of nitrogens with one attached hydrogen (secondary N) is 1. The van der Waals surface area contributed by atoms with Gasteiger partial charge in [-0.1, -0.05) is 36.0 Å². The van der Waals surface area contributed by atoms with Gasteiger partial charge in [0.1, 0.15) is 0 Å². The molecule has 0 aromatic heterocycles. The van der Waals surface area contributed by atoms with Crippen LogP contribution >= 0.6 is 11.8 Å². The van der Waals surface area contributed by atoms with Crippen molar-refractivity contribution in [3.05, 3.63) is 48.5 Å². The van der Waals surface area contributed by atoms with Gasteiger partial charge in [-0.3, -0.25) is 0 Å². The average molecular weight is 318 g/mol. The number of para-hydroxylation sites is 2. The zero-order valence-corrected chi connectivity index (χ0v) is 11.7. The summed E-state index contributed by atoms with van der Waals surface area (Å²) in [6.45, 7) is 0. The van der Waals surface area contributed by atoms with E-state index in [2.05, 4.69) is 53.8 Å². The second kappa shape index (κ2) is 4.49. The van der Waals surface area contributed by atoms with Gasteiger partial charge in [0.2, 0.25) is 0 Å². The number of anilines is 2. The van der Waals surface area contributed by atoms with Crippen LogP contribution in [0.1, 0.15) is 0 Å². The summed E-state index contributed by atoms with van der Waals surface area (Å²) in [6, 6.07) is 16.8. The molecule has 72 valence electrons. The number of fused-ring (bicyclic) bond motifs is 2. The van der Waals surface area contributed by atoms with Crippen LogP contribution in [-0.2, 0) is 0 Å². The summed E-state index contributed by atoms with van der Waals surface area (Å²) in [6.07, 6.45) is 0. The maximum atomic E-state index is 3.42. The molecule has 1 N–H and O–H groups in total. The van der Waals surface area contributed by atoms with Crippen LogP contribution in [0.5, 0.6) is 0 Å². The van der Waals surface area contributed by atoms with Crippen molar-refractivity contribution in [3.63, 3.8) is 0 Å². The molecule has 1 nitrogen and oxygen atoms in total. The summed E-state index contributed by atoms with van der Waals surface area (Å²) in [7, 11) is 0. The Hall–Kier alpha value is -0.611. The number of hydrogen-bond donors (Lipinski definition) is 1. The van der Waals surface area contributed by atoms with E-state index >= 15 is 0 Å². The van der Waals surface area contributed by atoms with Crippen molar-refractivity contribution in [1.82, 2.24) is 0 Å². The molecule has 0 atom stereocenters. The molecule has 0 saturated carbocycles. The SMILES string of the molecule is [Sn].c1ccc2c(c1)Nc1ccccc1S2. The van der Waals surface area contributed by atoms with Crippen molar-refractivity contribution in [2.24, 2.45) is 0 Å². The zero-order valence-electron chi connectivity index (χ0n) is 8.03. The Morgan fingerprint density at radius 2 is 1.20 bits per heavy atom. The first-order chi connectivity index (χ1) is 6.93. The maximum absolute atomic E-state index is 3.42. The molecule has 1 heterocycles. The summed E-state index contributed by atoms with van der Waals surface area (Å²) in [5, 5.41) is 3.42. The van der Waals surface area contributed by atoms with E-state index in [1.165, 1.54) is 21.2 Å². The van der Waals surface area contributed by atoms with E-state index < -0.39 is 0 Å². The molecule has 4 radical (unpaired) electrons. The minimum Gasteiger partial charge on any atom is -0.354 e. The van der Waals surface area contributed by atoms with Crippen LogP contribution < -0.4 is 5.32 Å². The smallest absolute Gasteiger partial charge is 0.0526 e. The van der Waals surface area contributed by atoms with Crippen molar-refractivity contribution < 1.29 is 0 Å². The third-order valence-electron chi connectivity index (χ3n) is 2.26. The first-order valence-corrected chi connectivity index (χ1v) is 5.38. The van der Waals surface area contributed by atoms with Gasteiger partial charge in [-0.25, -0.2) is 0 Å². The van der Waals surface area contributed by atoms with E-state index in [0.29, 0.717) is 0 Å². The van der Waals surface area contributed by atoms with Gasteiger partial charge < -0.3 is 5.32 Å². The summed E-state index contributed by atoms with van der Waals surface area (Å²) in [5.74, 6) is 0. The van der Waals surface area contributed by atoms with E-state index in [1.54, 1.807) is 0 Å². The average Bonchev–Trinajstić information content (AvgIpc) is 2.26. The predicted molar refractivity (Wildman–Crippen MR) is 66.0 cm³/mol. The fourth-order valence-corrected chi connectivity index (χ4v) is 2.57. The van der Waals surface area contributed by atoms with Crippen molar-refractivity contribution in [1.29, 1.82) is 0 Å². The third-order valence-corrected chi connectivity index (χ3v) is 3.42. The zero-order chi connectivity index (χ0) is 9.38. The van der Waals surface area contributed by atoms with E-state index in [9.17, 15) is 0 Å². The summed E-state index contributed by atoms with van der Waals surface area (Å²) in [4.78, 5) is 2.59. The molecule has 0 amide bonds. The van der Waals surface area contributed by atoms with Crippen molar-refractivity contribution >= 4 is 47.0 Å². The summed E-state index contributed by atoms with van der Waals surface area (Å²) in [5.41, 5.74) is 2.41. The monoisotopic (exact) mass is 319 g/mol. The molecular formula is C12H9NSSn. The molecule has 3 heteroatoms. The molecule has 0 unspecified atom stereocenters. The van der Waals surface area contributed by atoms with Crippen LogP contribution in [0.4, 0.5) is 11.4 Å². The fourth-order valence-electron chi connectivity index (χ4n) is 1.58. The molecule has 0 fully saturated rings. The maximum Gasteiger partial charge on any atom is 0.0526 e. The van der Waals surface area contributed by atoms with Gasteiger partial charge in [0.15, 0.2) is 0 Å². The largest absolute Gasteiger partial charge is 0.354 e. The molecule has 0 bridgehead atoms. The van der Waals surface area contributed by atoms with Crippen LogP contribution in [0.15, 0.2) is 58.3 Å². The molecule has 0 saturated heterocycles. The minimum absolute atomic E-state index is 0. The summed E-state index contributed by atoms with van der Waals surface area (Å²) < 4.78 is 0. The Balaban J connectivity index is 0.000000853. The Morgan fingerprint density at radius 3 is 1.73 bits per heavy atom. The second-order valence-corrected chi connectivity index (χ2v) is 4.30.